The van der Waals surface area contributed by atoms with Crippen LogP contribution in [0.2, 0.25) is 5.02 Å². The van der Waals surface area contributed by atoms with Gasteiger partial charge in [-0.25, -0.2) is 4.98 Å². The molecule has 40 heavy (non-hydrogen) atoms. The molecule has 0 unspecified atom stereocenters. The van der Waals surface area contributed by atoms with Gasteiger partial charge in [-0.05, 0) is 74.8 Å². The lowest BCUT2D eigenvalue weighted by Crippen LogP contribution is -2.08. The van der Waals surface area contributed by atoms with E-state index in [-0.39, 0.29) is 6.04 Å². The van der Waals surface area contributed by atoms with E-state index >= 15 is 0 Å². The monoisotopic (exact) mass is 565 g/mol. The standard InChI is InChI=1S/C30H24ClN7OS/c1-17-24(14-12-22-5-3-4-16-32-22)40-30-26(17)27(19-8-10-21(31)11-9-19)33-23(28-36-34-18(2)38(28)30)13-15-25-35-37-29(39-25)20-6-7-20/h3-5,8-11,16,20,23H,6-7,13,15H2,1-2H3/t23-/m0/s1. The number of hydrogen-bond donors (Lipinski definition) is 0. The van der Waals surface area contributed by atoms with Crippen molar-refractivity contribution in [1.29, 1.82) is 0 Å². The number of fused-ring (bicyclic) bond motifs is 3. The van der Waals surface area contributed by atoms with Crippen LogP contribution in [-0.2, 0) is 6.42 Å². The van der Waals surface area contributed by atoms with E-state index < -0.39 is 0 Å². The fourth-order valence-electron chi connectivity index (χ4n) is 4.88. The van der Waals surface area contributed by atoms with Gasteiger partial charge in [-0.3, -0.25) is 9.56 Å². The maximum absolute atomic E-state index is 6.26. The Morgan fingerprint density at radius 3 is 2.65 bits per heavy atom. The smallest absolute Gasteiger partial charge is 0.219 e. The maximum Gasteiger partial charge on any atom is 0.219 e. The first-order chi connectivity index (χ1) is 19.5. The third-order valence-electron chi connectivity index (χ3n) is 7.13. The van der Waals surface area contributed by atoms with Gasteiger partial charge in [-0.1, -0.05) is 29.8 Å². The third-order valence-corrected chi connectivity index (χ3v) is 8.57. The minimum atomic E-state index is -0.259. The average molecular weight is 566 g/mol. The predicted molar refractivity (Wildman–Crippen MR) is 153 cm³/mol. The first-order valence-corrected chi connectivity index (χ1v) is 14.4. The molecule has 5 heterocycles. The summed E-state index contributed by atoms with van der Waals surface area (Å²) in [6, 6.07) is 13.3. The Balaban J connectivity index is 1.34. The first-order valence-electron chi connectivity index (χ1n) is 13.2. The van der Waals surface area contributed by atoms with Crippen molar-refractivity contribution in [3.8, 4) is 16.8 Å². The largest absolute Gasteiger partial charge is 0.425 e. The van der Waals surface area contributed by atoms with Crippen LogP contribution in [0.1, 0.15) is 81.9 Å². The van der Waals surface area contributed by atoms with Crippen molar-refractivity contribution < 1.29 is 4.42 Å². The fourth-order valence-corrected chi connectivity index (χ4v) is 6.22. The second-order valence-electron chi connectivity index (χ2n) is 9.99. The number of aryl methyl sites for hydroxylation is 2. The molecule has 2 aliphatic rings. The summed E-state index contributed by atoms with van der Waals surface area (Å²) in [5.74, 6) is 9.96. The summed E-state index contributed by atoms with van der Waals surface area (Å²) < 4.78 is 8.07. The van der Waals surface area contributed by atoms with E-state index in [0.29, 0.717) is 29.7 Å². The molecule has 0 radical (unpaired) electrons. The zero-order valence-corrected chi connectivity index (χ0v) is 23.5. The lowest BCUT2D eigenvalue weighted by Gasteiger charge is -2.12. The predicted octanol–water partition coefficient (Wildman–Crippen LogP) is 6.18. The molecule has 8 nitrogen and oxygen atoms in total. The van der Waals surface area contributed by atoms with Crippen LogP contribution in [0.25, 0.3) is 5.00 Å². The van der Waals surface area contributed by atoms with Crippen molar-refractivity contribution in [3.05, 3.63) is 104 Å². The van der Waals surface area contributed by atoms with Crippen LogP contribution >= 0.6 is 22.9 Å². The van der Waals surface area contributed by atoms with E-state index in [1.807, 2.05) is 49.4 Å². The van der Waals surface area contributed by atoms with Gasteiger partial charge >= 0.3 is 0 Å². The number of nitrogens with zero attached hydrogens (tertiary/aromatic N) is 7. The highest BCUT2D eigenvalue weighted by Crippen LogP contribution is 2.41. The Hall–Kier alpha value is -4.13. The molecule has 0 spiro atoms. The van der Waals surface area contributed by atoms with Gasteiger partial charge in [0.25, 0.3) is 0 Å². The Bertz CT molecular complexity index is 1800. The Kier molecular flexibility index (Phi) is 6.29. The van der Waals surface area contributed by atoms with Gasteiger partial charge in [0, 0.05) is 34.7 Å². The summed E-state index contributed by atoms with van der Waals surface area (Å²) in [4.78, 5) is 10.6. The number of benzene rings is 1. The van der Waals surface area contributed by atoms with Crippen LogP contribution in [0.5, 0.6) is 0 Å². The molecule has 1 aliphatic carbocycles. The summed E-state index contributed by atoms with van der Waals surface area (Å²) >= 11 is 7.88. The van der Waals surface area contributed by atoms with E-state index in [0.717, 1.165) is 68.4 Å². The fraction of sp³-hybridized carbons (Fsp3) is 0.267. The summed E-state index contributed by atoms with van der Waals surface area (Å²) in [7, 11) is 0. The van der Waals surface area contributed by atoms with Crippen LogP contribution in [0.3, 0.4) is 0 Å². The number of pyridine rings is 1. The van der Waals surface area contributed by atoms with Crippen molar-refractivity contribution in [1.82, 2.24) is 29.9 Å². The van der Waals surface area contributed by atoms with E-state index in [4.69, 9.17) is 21.0 Å². The Labute approximate surface area is 240 Å². The van der Waals surface area contributed by atoms with Crippen molar-refractivity contribution in [3.63, 3.8) is 0 Å². The molecular weight excluding hydrogens is 542 g/mol. The highest BCUT2D eigenvalue weighted by atomic mass is 35.5. The Morgan fingerprint density at radius 2 is 1.88 bits per heavy atom. The molecule has 7 rings (SSSR count). The summed E-state index contributed by atoms with van der Waals surface area (Å²) in [5, 5.41) is 19.3. The van der Waals surface area contributed by atoms with E-state index in [1.54, 1.807) is 17.5 Å². The molecule has 1 fully saturated rings. The lowest BCUT2D eigenvalue weighted by atomic mass is 9.99. The van der Waals surface area contributed by atoms with Gasteiger partial charge in [0.05, 0.1) is 10.6 Å². The molecule has 1 atom stereocenters. The number of aliphatic imine (C=N–C) groups is 1. The summed E-state index contributed by atoms with van der Waals surface area (Å²) in [5.41, 5.74) is 4.67. The average Bonchev–Trinajstić information content (AvgIpc) is 3.51. The SMILES string of the molecule is Cc1c(C#Cc2ccccn2)sc2c1C(c1ccc(Cl)cc1)=N[C@@H](CCc1nnc(C3CC3)o1)c1nnc(C)n1-2. The molecule has 5 aromatic rings. The van der Waals surface area contributed by atoms with Crippen molar-refractivity contribution in [2.24, 2.45) is 4.99 Å². The normalized spacial score (nSPS) is 16.0. The minimum Gasteiger partial charge on any atom is -0.425 e. The van der Waals surface area contributed by atoms with E-state index in [2.05, 4.69) is 48.7 Å². The first kappa shape index (κ1) is 24.9. The van der Waals surface area contributed by atoms with E-state index in [1.165, 1.54) is 0 Å². The van der Waals surface area contributed by atoms with Gasteiger partial charge in [-0.15, -0.1) is 31.7 Å². The minimum absolute atomic E-state index is 0.259. The molecule has 198 valence electrons. The van der Waals surface area contributed by atoms with Crippen molar-refractivity contribution in [2.75, 3.05) is 0 Å². The molecule has 0 amide bonds. The van der Waals surface area contributed by atoms with Crippen molar-refractivity contribution >= 4 is 28.6 Å². The number of aromatic nitrogens is 6. The zero-order chi connectivity index (χ0) is 27.2. The Morgan fingerprint density at radius 1 is 1.02 bits per heavy atom. The second kappa shape index (κ2) is 10.1. The second-order valence-corrected chi connectivity index (χ2v) is 11.4. The van der Waals surface area contributed by atoms with E-state index in [9.17, 15) is 0 Å². The van der Waals surface area contributed by atoms with Gasteiger partial charge in [0.1, 0.15) is 22.6 Å². The third kappa shape index (κ3) is 4.63. The van der Waals surface area contributed by atoms with Crippen LogP contribution < -0.4 is 0 Å². The molecule has 0 N–H and O–H groups in total. The maximum atomic E-state index is 6.26. The van der Waals surface area contributed by atoms with Crippen LogP contribution in [-0.4, -0.2) is 35.7 Å². The van der Waals surface area contributed by atoms with Crippen molar-refractivity contribution in [2.45, 2.75) is 51.5 Å². The molecule has 1 aromatic carbocycles. The number of thiophene rings is 1. The number of hydrogen-bond acceptors (Lipinski definition) is 8. The molecule has 4 aromatic heterocycles. The highest BCUT2D eigenvalue weighted by Gasteiger charge is 2.33. The highest BCUT2D eigenvalue weighted by molar-refractivity contribution is 7.15. The molecule has 0 saturated heterocycles. The number of halogens is 1. The summed E-state index contributed by atoms with van der Waals surface area (Å²) in [6.45, 7) is 4.07. The van der Waals surface area contributed by atoms with Crippen LogP contribution in [0, 0.1) is 25.7 Å². The molecule has 1 saturated carbocycles. The lowest BCUT2D eigenvalue weighted by molar-refractivity contribution is 0.436. The quantitative estimate of drug-likeness (QED) is 0.236. The topological polar surface area (TPSA) is 94.9 Å². The van der Waals surface area contributed by atoms with Crippen LogP contribution in [0.4, 0.5) is 0 Å². The van der Waals surface area contributed by atoms with Gasteiger partial charge in [-0.2, -0.15) is 0 Å². The molecule has 1 aliphatic heterocycles. The van der Waals surface area contributed by atoms with Gasteiger partial charge in [0.15, 0.2) is 5.82 Å². The van der Waals surface area contributed by atoms with Gasteiger partial charge < -0.3 is 4.42 Å². The molecule has 0 bridgehead atoms. The zero-order valence-electron chi connectivity index (χ0n) is 21.9. The molecular formula is C30H24ClN7OS. The number of rotatable bonds is 5. The molecule has 10 heteroatoms. The summed E-state index contributed by atoms with van der Waals surface area (Å²) in [6.07, 6.45) is 5.25. The van der Waals surface area contributed by atoms with Crippen LogP contribution in [0.15, 0.2) is 58.1 Å². The van der Waals surface area contributed by atoms with Gasteiger partial charge in [0.2, 0.25) is 11.8 Å².